The molecule has 0 atom stereocenters. The number of carbonyl (C=O) groups excluding carboxylic acids is 2. The van der Waals surface area contributed by atoms with Crippen molar-refractivity contribution in [3.8, 4) is 0 Å². The average Bonchev–Trinajstić information content (AvgIpc) is 2.34. The van der Waals surface area contributed by atoms with Crippen molar-refractivity contribution in [1.29, 1.82) is 0 Å². The number of halogens is 1. The number of likely N-dealkylation sites (N-methyl/N-ethyl adjacent to an activating group) is 1. The Bertz CT molecular complexity index is 433. The Balaban J connectivity index is 2.34. The highest BCUT2D eigenvalue weighted by molar-refractivity contribution is 5.84. The van der Waals surface area contributed by atoms with Gasteiger partial charge in [0.2, 0.25) is 11.8 Å². The van der Waals surface area contributed by atoms with Crippen molar-refractivity contribution >= 4 is 11.8 Å². The summed E-state index contributed by atoms with van der Waals surface area (Å²) in [5, 5.41) is 2.50. The zero-order valence-corrected chi connectivity index (χ0v) is 10.6. The molecule has 2 amide bonds. The summed E-state index contributed by atoms with van der Waals surface area (Å²) < 4.78 is 13.3. The average molecular weight is 252 g/mol. The van der Waals surface area contributed by atoms with Gasteiger partial charge < -0.3 is 10.2 Å². The highest BCUT2D eigenvalue weighted by Gasteiger charge is 2.08. The number of carbonyl (C=O) groups is 2. The minimum atomic E-state index is -0.310. The summed E-state index contributed by atoms with van der Waals surface area (Å²) >= 11 is 0. The Morgan fingerprint density at radius 3 is 2.56 bits per heavy atom. The van der Waals surface area contributed by atoms with Crippen LogP contribution in [0.25, 0.3) is 0 Å². The third-order valence-corrected chi connectivity index (χ3v) is 2.51. The standard InChI is InChI=1S/C13H17FN2O2/c1-16(2)13(18)9-15-12(17)8-7-10-5-3-4-6-11(10)14/h3-6H,7-9H2,1-2H3,(H,15,17). The first-order valence-corrected chi connectivity index (χ1v) is 5.71. The van der Waals surface area contributed by atoms with Crippen LogP contribution in [-0.2, 0) is 16.0 Å². The molecular formula is C13H17FN2O2. The summed E-state index contributed by atoms with van der Waals surface area (Å²) in [6.07, 6.45) is 0.496. The van der Waals surface area contributed by atoms with Crippen LogP contribution < -0.4 is 5.32 Å². The molecule has 0 radical (unpaired) electrons. The summed E-state index contributed by atoms with van der Waals surface area (Å²) in [7, 11) is 3.24. The number of nitrogens with zero attached hydrogens (tertiary/aromatic N) is 1. The second kappa shape index (κ2) is 6.74. The lowest BCUT2D eigenvalue weighted by Gasteiger charge is -2.10. The smallest absolute Gasteiger partial charge is 0.241 e. The van der Waals surface area contributed by atoms with Crippen molar-refractivity contribution in [2.45, 2.75) is 12.8 Å². The molecule has 0 aliphatic heterocycles. The molecule has 0 saturated heterocycles. The quantitative estimate of drug-likeness (QED) is 0.848. The van der Waals surface area contributed by atoms with E-state index in [0.717, 1.165) is 0 Å². The normalized spacial score (nSPS) is 9.94. The Morgan fingerprint density at radius 1 is 1.28 bits per heavy atom. The molecule has 0 fully saturated rings. The maximum absolute atomic E-state index is 13.3. The van der Waals surface area contributed by atoms with E-state index < -0.39 is 0 Å². The molecule has 0 heterocycles. The molecule has 0 aliphatic carbocycles. The van der Waals surface area contributed by atoms with Crippen molar-refractivity contribution in [2.24, 2.45) is 0 Å². The van der Waals surface area contributed by atoms with Gasteiger partial charge >= 0.3 is 0 Å². The van der Waals surface area contributed by atoms with Crippen molar-refractivity contribution < 1.29 is 14.0 Å². The van der Waals surface area contributed by atoms with Crippen LogP contribution in [0.3, 0.4) is 0 Å². The number of hydrogen-bond acceptors (Lipinski definition) is 2. The Hall–Kier alpha value is -1.91. The summed E-state index contributed by atoms with van der Waals surface area (Å²) in [5.74, 6) is -0.739. The molecule has 5 heteroatoms. The molecule has 1 aromatic rings. The predicted octanol–water partition coefficient (Wildman–Crippen LogP) is 0.963. The molecule has 1 aromatic carbocycles. The number of amides is 2. The van der Waals surface area contributed by atoms with Gasteiger partial charge in [0.15, 0.2) is 0 Å². The van der Waals surface area contributed by atoms with E-state index in [2.05, 4.69) is 5.32 Å². The number of rotatable bonds is 5. The molecule has 0 aromatic heterocycles. The van der Waals surface area contributed by atoms with Crippen molar-refractivity contribution in [3.63, 3.8) is 0 Å². The Morgan fingerprint density at radius 2 is 1.94 bits per heavy atom. The fourth-order valence-electron chi connectivity index (χ4n) is 1.37. The van der Waals surface area contributed by atoms with Crippen LogP contribution in [0.4, 0.5) is 4.39 Å². The van der Waals surface area contributed by atoms with E-state index in [1.807, 2.05) is 0 Å². The zero-order chi connectivity index (χ0) is 13.5. The van der Waals surface area contributed by atoms with Crippen LogP contribution in [0.5, 0.6) is 0 Å². The summed E-state index contributed by atoms with van der Waals surface area (Å²) in [5.41, 5.74) is 0.506. The highest BCUT2D eigenvalue weighted by atomic mass is 19.1. The lowest BCUT2D eigenvalue weighted by atomic mass is 10.1. The van der Waals surface area contributed by atoms with Gasteiger partial charge in [-0.1, -0.05) is 18.2 Å². The van der Waals surface area contributed by atoms with Gasteiger partial charge in [-0.05, 0) is 18.1 Å². The van der Waals surface area contributed by atoms with Crippen molar-refractivity contribution in [1.82, 2.24) is 10.2 Å². The van der Waals surface area contributed by atoms with Gasteiger partial charge in [-0.15, -0.1) is 0 Å². The second-order valence-corrected chi connectivity index (χ2v) is 4.16. The lowest BCUT2D eigenvalue weighted by Crippen LogP contribution is -2.36. The van der Waals surface area contributed by atoms with Gasteiger partial charge in [-0.25, -0.2) is 4.39 Å². The monoisotopic (exact) mass is 252 g/mol. The van der Waals surface area contributed by atoms with Crippen LogP contribution >= 0.6 is 0 Å². The van der Waals surface area contributed by atoms with Crippen LogP contribution in [-0.4, -0.2) is 37.4 Å². The van der Waals surface area contributed by atoms with Gasteiger partial charge in [0, 0.05) is 20.5 Å². The van der Waals surface area contributed by atoms with Crippen LogP contribution in [0.15, 0.2) is 24.3 Å². The molecule has 18 heavy (non-hydrogen) atoms. The summed E-state index contributed by atoms with van der Waals surface area (Å²) in [6.45, 7) is -0.0247. The number of aryl methyl sites for hydroxylation is 1. The topological polar surface area (TPSA) is 49.4 Å². The lowest BCUT2D eigenvalue weighted by molar-refractivity contribution is -0.130. The number of nitrogens with one attached hydrogen (secondary N) is 1. The molecule has 0 bridgehead atoms. The molecule has 0 saturated carbocycles. The van der Waals surface area contributed by atoms with E-state index in [0.29, 0.717) is 12.0 Å². The van der Waals surface area contributed by atoms with E-state index in [9.17, 15) is 14.0 Å². The molecule has 0 aliphatic rings. The minimum absolute atomic E-state index is 0.0247. The van der Waals surface area contributed by atoms with Gasteiger partial charge in [0.05, 0.1) is 6.54 Å². The predicted molar refractivity (Wildman–Crippen MR) is 66.4 cm³/mol. The molecular weight excluding hydrogens is 235 g/mol. The SMILES string of the molecule is CN(C)C(=O)CNC(=O)CCc1ccccc1F. The molecule has 98 valence electrons. The number of benzene rings is 1. The van der Waals surface area contributed by atoms with Gasteiger partial charge in [0.1, 0.15) is 5.82 Å². The van der Waals surface area contributed by atoms with Crippen LogP contribution in [0, 0.1) is 5.82 Å². The summed E-state index contributed by atoms with van der Waals surface area (Å²) in [6, 6.07) is 6.34. The number of hydrogen-bond donors (Lipinski definition) is 1. The first kappa shape index (κ1) is 14.2. The zero-order valence-electron chi connectivity index (χ0n) is 10.6. The second-order valence-electron chi connectivity index (χ2n) is 4.16. The van der Waals surface area contributed by atoms with E-state index in [1.54, 1.807) is 32.3 Å². The van der Waals surface area contributed by atoms with Crippen molar-refractivity contribution in [3.05, 3.63) is 35.6 Å². The first-order chi connectivity index (χ1) is 8.50. The largest absolute Gasteiger partial charge is 0.347 e. The van der Waals surface area contributed by atoms with Crippen LogP contribution in [0.1, 0.15) is 12.0 Å². The molecule has 4 nitrogen and oxygen atoms in total. The fourth-order valence-corrected chi connectivity index (χ4v) is 1.37. The van der Waals surface area contributed by atoms with E-state index in [4.69, 9.17) is 0 Å². The van der Waals surface area contributed by atoms with E-state index >= 15 is 0 Å². The van der Waals surface area contributed by atoms with E-state index in [1.165, 1.54) is 11.0 Å². The maximum atomic E-state index is 13.3. The van der Waals surface area contributed by atoms with Crippen LogP contribution in [0.2, 0.25) is 0 Å². The van der Waals surface area contributed by atoms with Gasteiger partial charge in [-0.2, -0.15) is 0 Å². The van der Waals surface area contributed by atoms with Gasteiger partial charge in [-0.3, -0.25) is 9.59 Å². The maximum Gasteiger partial charge on any atom is 0.241 e. The minimum Gasteiger partial charge on any atom is -0.347 e. The van der Waals surface area contributed by atoms with Crippen molar-refractivity contribution in [2.75, 3.05) is 20.6 Å². The molecule has 0 spiro atoms. The Labute approximate surface area is 106 Å². The molecule has 0 unspecified atom stereocenters. The Kier molecular flexibility index (Phi) is 5.30. The third-order valence-electron chi connectivity index (χ3n) is 2.51. The summed E-state index contributed by atoms with van der Waals surface area (Å²) in [4.78, 5) is 24.1. The first-order valence-electron chi connectivity index (χ1n) is 5.71. The molecule has 1 rings (SSSR count). The fraction of sp³-hybridized carbons (Fsp3) is 0.385. The third kappa shape index (κ3) is 4.53. The highest BCUT2D eigenvalue weighted by Crippen LogP contribution is 2.08. The molecule has 1 N–H and O–H groups in total. The van der Waals surface area contributed by atoms with E-state index in [-0.39, 0.29) is 30.6 Å². The van der Waals surface area contributed by atoms with Gasteiger partial charge in [0.25, 0.3) is 0 Å².